The van der Waals surface area contributed by atoms with Gasteiger partial charge in [0.2, 0.25) is 17.7 Å². The van der Waals surface area contributed by atoms with Crippen LogP contribution < -0.4 is 5.32 Å². The molecule has 2 amide bonds. The van der Waals surface area contributed by atoms with Crippen molar-refractivity contribution in [3.8, 4) is 0 Å². The van der Waals surface area contributed by atoms with Gasteiger partial charge in [0.1, 0.15) is 0 Å². The first-order valence-electron chi connectivity index (χ1n) is 8.12. The van der Waals surface area contributed by atoms with Crippen molar-refractivity contribution in [2.45, 2.75) is 32.9 Å². The lowest BCUT2D eigenvalue weighted by Crippen LogP contribution is -2.35. The van der Waals surface area contributed by atoms with E-state index < -0.39 is 5.92 Å². The van der Waals surface area contributed by atoms with Crippen LogP contribution in [0.15, 0.2) is 28.8 Å². The zero-order valence-electron chi connectivity index (χ0n) is 14.0. The maximum absolute atomic E-state index is 12.7. The van der Waals surface area contributed by atoms with Crippen molar-refractivity contribution >= 4 is 23.4 Å². The number of carbonyl (C=O) groups excluding carboxylic acids is 2. The molecule has 2 aromatic rings. The molecule has 8 heteroatoms. The minimum atomic E-state index is -0.517. The first kappa shape index (κ1) is 17.4. The summed E-state index contributed by atoms with van der Waals surface area (Å²) < 4.78 is 5.00. The highest BCUT2D eigenvalue weighted by atomic mass is 35.5. The molecule has 1 fully saturated rings. The third-order valence-electron chi connectivity index (χ3n) is 4.32. The van der Waals surface area contributed by atoms with E-state index in [1.807, 2.05) is 25.1 Å². The Kier molecular flexibility index (Phi) is 5.03. The molecule has 1 N–H and O–H groups in total. The second kappa shape index (κ2) is 7.23. The molecule has 2 atom stereocenters. The molecule has 0 unspecified atom stereocenters. The van der Waals surface area contributed by atoms with Crippen molar-refractivity contribution in [3.05, 3.63) is 46.6 Å². The summed E-state index contributed by atoms with van der Waals surface area (Å²) in [5, 5.41) is 7.02. The van der Waals surface area contributed by atoms with Gasteiger partial charge in [-0.1, -0.05) is 35.0 Å². The average molecular weight is 363 g/mol. The van der Waals surface area contributed by atoms with E-state index in [-0.39, 0.29) is 30.8 Å². The highest BCUT2D eigenvalue weighted by molar-refractivity contribution is 6.31. The molecule has 0 saturated carbocycles. The lowest BCUT2D eigenvalue weighted by Gasteiger charge is -2.27. The maximum Gasteiger partial charge on any atom is 0.246 e. The van der Waals surface area contributed by atoms with Crippen LogP contribution in [-0.2, 0) is 16.1 Å². The number of rotatable bonds is 5. The van der Waals surface area contributed by atoms with Crippen molar-refractivity contribution in [2.75, 3.05) is 6.54 Å². The van der Waals surface area contributed by atoms with Gasteiger partial charge in [0, 0.05) is 18.0 Å². The number of halogens is 1. The summed E-state index contributed by atoms with van der Waals surface area (Å²) in [6, 6.07) is 6.93. The predicted molar refractivity (Wildman–Crippen MR) is 90.6 cm³/mol. The summed E-state index contributed by atoms with van der Waals surface area (Å²) in [5.41, 5.74) is 0.783. The molecule has 132 valence electrons. The number of likely N-dealkylation sites (tertiary alicyclic amines) is 1. The van der Waals surface area contributed by atoms with Gasteiger partial charge in [-0.15, -0.1) is 0 Å². The average Bonchev–Trinajstić information content (AvgIpc) is 3.16. The molecule has 0 bridgehead atoms. The van der Waals surface area contributed by atoms with E-state index in [4.69, 9.17) is 16.1 Å². The fraction of sp³-hybridized carbons (Fsp3) is 0.412. The van der Waals surface area contributed by atoms with E-state index in [1.54, 1.807) is 17.9 Å². The summed E-state index contributed by atoms with van der Waals surface area (Å²) in [6.45, 7) is 4.24. The summed E-state index contributed by atoms with van der Waals surface area (Å²) in [6.07, 6.45) is 0.151. The standard InChI is InChI=1S/C17H19ClN4O3/c1-3-22-15(23)8-12(16(22)11-6-4-5-7-13(11)18)17(24)19-9-14-20-10(2)21-25-14/h4-7,12,16H,3,8-9H2,1-2H3,(H,19,24)/t12-,16+/m1/s1. The molecule has 2 heterocycles. The third kappa shape index (κ3) is 3.51. The zero-order valence-corrected chi connectivity index (χ0v) is 14.8. The van der Waals surface area contributed by atoms with Crippen LogP contribution in [0.3, 0.4) is 0 Å². The van der Waals surface area contributed by atoms with Crippen LogP contribution in [0, 0.1) is 12.8 Å². The minimum Gasteiger partial charge on any atom is -0.347 e. The minimum absolute atomic E-state index is 0.0544. The molecule has 1 aromatic heterocycles. The SMILES string of the molecule is CCN1C(=O)C[C@@H](C(=O)NCc2nc(C)no2)[C@@H]1c1ccccc1Cl. The molecular weight excluding hydrogens is 344 g/mol. The summed E-state index contributed by atoms with van der Waals surface area (Å²) in [5.74, 6) is 0.0332. The molecular formula is C17H19ClN4O3. The quantitative estimate of drug-likeness (QED) is 0.881. The summed E-state index contributed by atoms with van der Waals surface area (Å²) in [4.78, 5) is 30.8. The Hall–Kier alpha value is -2.41. The number of benzene rings is 1. The molecule has 0 radical (unpaired) electrons. The summed E-state index contributed by atoms with van der Waals surface area (Å²) >= 11 is 6.32. The van der Waals surface area contributed by atoms with Gasteiger partial charge in [-0.05, 0) is 25.5 Å². The van der Waals surface area contributed by atoms with Crippen molar-refractivity contribution in [2.24, 2.45) is 5.92 Å². The number of aryl methyl sites for hydroxylation is 1. The molecule has 3 rings (SSSR count). The molecule has 1 aromatic carbocycles. The topological polar surface area (TPSA) is 88.3 Å². The first-order chi connectivity index (χ1) is 12.0. The zero-order chi connectivity index (χ0) is 18.0. The number of amides is 2. The van der Waals surface area contributed by atoms with Crippen LogP contribution in [0.25, 0.3) is 0 Å². The predicted octanol–water partition coefficient (Wildman–Crippen LogP) is 2.26. The van der Waals surface area contributed by atoms with Gasteiger partial charge >= 0.3 is 0 Å². The number of nitrogens with zero attached hydrogens (tertiary/aromatic N) is 3. The van der Waals surface area contributed by atoms with Gasteiger partial charge in [0.05, 0.1) is 18.5 Å². The molecule has 7 nitrogen and oxygen atoms in total. The number of hydrogen-bond acceptors (Lipinski definition) is 5. The third-order valence-corrected chi connectivity index (χ3v) is 4.66. The van der Waals surface area contributed by atoms with Gasteiger partial charge < -0.3 is 14.7 Å². The summed E-state index contributed by atoms with van der Waals surface area (Å²) in [7, 11) is 0. The Morgan fingerprint density at radius 3 is 2.84 bits per heavy atom. The van der Waals surface area contributed by atoms with E-state index in [0.717, 1.165) is 5.56 Å². The molecule has 25 heavy (non-hydrogen) atoms. The van der Waals surface area contributed by atoms with Crippen LogP contribution in [0.1, 0.15) is 36.7 Å². The number of aromatic nitrogens is 2. The largest absolute Gasteiger partial charge is 0.347 e. The fourth-order valence-corrected chi connectivity index (χ4v) is 3.45. The molecule has 1 saturated heterocycles. The van der Waals surface area contributed by atoms with Gasteiger partial charge in [0.25, 0.3) is 0 Å². The van der Waals surface area contributed by atoms with E-state index in [2.05, 4.69) is 15.5 Å². The normalized spacial score (nSPS) is 20.1. The first-order valence-corrected chi connectivity index (χ1v) is 8.49. The Morgan fingerprint density at radius 1 is 1.44 bits per heavy atom. The maximum atomic E-state index is 12.7. The Labute approximate surface area is 150 Å². The Bertz CT molecular complexity index is 792. The second-order valence-electron chi connectivity index (χ2n) is 5.91. The van der Waals surface area contributed by atoms with Crippen molar-refractivity contribution in [3.63, 3.8) is 0 Å². The van der Waals surface area contributed by atoms with Gasteiger partial charge in [-0.3, -0.25) is 9.59 Å². The van der Waals surface area contributed by atoms with E-state index in [9.17, 15) is 9.59 Å². The monoisotopic (exact) mass is 362 g/mol. The number of carbonyl (C=O) groups is 2. The van der Waals surface area contributed by atoms with Gasteiger partial charge in [-0.25, -0.2) is 0 Å². The number of nitrogens with one attached hydrogen (secondary N) is 1. The lowest BCUT2D eigenvalue weighted by atomic mass is 9.92. The smallest absolute Gasteiger partial charge is 0.246 e. The highest BCUT2D eigenvalue weighted by Crippen LogP contribution is 2.40. The van der Waals surface area contributed by atoms with Gasteiger partial charge in [0.15, 0.2) is 5.82 Å². The van der Waals surface area contributed by atoms with Crippen molar-refractivity contribution in [1.82, 2.24) is 20.4 Å². The molecule has 0 aliphatic carbocycles. The van der Waals surface area contributed by atoms with Crippen molar-refractivity contribution in [1.29, 1.82) is 0 Å². The Balaban J connectivity index is 1.81. The van der Waals surface area contributed by atoms with Crippen LogP contribution in [0.5, 0.6) is 0 Å². The van der Waals surface area contributed by atoms with Crippen molar-refractivity contribution < 1.29 is 14.1 Å². The number of hydrogen-bond donors (Lipinski definition) is 1. The van der Waals surface area contributed by atoms with Crippen LogP contribution in [0.2, 0.25) is 5.02 Å². The van der Waals surface area contributed by atoms with Gasteiger partial charge in [-0.2, -0.15) is 4.98 Å². The fourth-order valence-electron chi connectivity index (χ4n) is 3.20. The Morgan fingerprint density at radius 2 is 2.20 bits per heavy atom. The second-order valence-corrected chi connectivity index (χ2v) is 6.32. The van der Waals surface area contributed by atoms with Crippen LogP contribution >= 0.6 is 11.6 Å². The van der Waals surface area contributed by atoms with Crippen LogP contribution in [0.4, 0.5) is 0 Å². The molecule has 1 aliphatic rings. The molecule has 1 aliphatic heterocycles. The van der Waals surface area contributed by atoms with E-state index in [1.165, 1.54) is 0 Å². The molecule has 0 spiro atoms. The van der Waals surface area contributed by atoms with E-state index in [0.29, 0.717) is 23.3 Å². The van der Waals surface area contributed by atoms with E-state index >= 15 is 0 Å². The highest BCUT2D eigenvalue weighted by Gasteiger charge is 2.44. The lowest BCUT2D eigenvalue weighted by molar-refractivity contribution is -0.129. The van der Waals surface area contributed by atoms with Crippen LogP contribution in [-0.4, -0.2) is 33.4 Å².